The molecular formula is C18H17BrFN3O3. The lowest BCUT2D eigenvalue weighted by atomic mass is 10.3. The van der Waals surface area contributed by atoms with E-state index in [-0.39, 0.29) is 18.4 Å². The Balaban J connectivity index is 1.83. The zero-order valence-electron chi connectivity index (χ0n) is 13.7. The normalized spacial score (nSPS) is 9.92. The third-order valence-corrected chi connectivity index (χ3v) is 3.58. The lowest BCUT2D eigenvalue weighted by Gasteiger charge is -2.10. The molecule has 3 amide bonds. The van der Waals surface area contributed by atoms with Gasteiger partial charge in [0.25, 0.3) is 5.91 Å². The van der Waals surface area contributed by atoms with E-state index < -0.39 is 11.7 Å². The van der Waals surface area contributed by atoms with Crippen LogP contribution in [0.2, 0.25) is 0 Å². The SMILES string of the molecule is C=CCNC(=O)Nc1ccc(NC(=O)COc2ccc(Br)cc2F)cc1. The highest BCUT2D eigenvalue weighted by Crippen LogP contribution is 2.21. The maximum Gasteiger partial charge on any atom is 0.319 e. The summed E-state index contributed by atoms with van der Waals surface area (Å²) in [5, 5.41) is 7.83. The Morgan fingerprint density at radius 3 is 2.38 bits per heavy atom. The van der Waals surface area contributed by atoms with Crippen molar-refractivity contribution in [2.45, 2.75) is 0 Å². The minimum Gasteiger partial charge on any atom is -0.481 e. The smallest absolute Gasteiger partial charge is 0.319 e. The molecule has 8 heteroatoms. The van der Waals surface area contributed by atoms with Gasteiger partial charge in [0, 0.05) is 22.4 Å². The molecule has 6 nitrogen and oxygen atoms in total. The molecule has 2 aromatic carbocycles. The van der Waals surface area contributed by atoms with E-state index in [1.54, 1.807) is 36.4 Å². The maximum atomic E-state index is 13.6. The van der Waals surface area contributed by atoms with Crippen LogP contribution in [0.5, 0.6) is 5.75 Å². The van der Waals surface area contributed by atoms with E-state index in [0.29, 0.717) is 22.4 Å². The van der Waals surface area contributed by atoms with Gasteiger partial charge in [0.2, 0.25) is 0 Å². The number of hydrogen-bond acceptors (Lipinski definition) is 3. The summed E-state index contributed by atoms with van der Waals surface area (Å²) in [5.41, 5.74) is 1.09. The molecule has 0 bridgehead atoms. The van der Waals surface area contributed by atoms with Crippen molar-refractivity contribution < 1.29 is 18.7 Å². The lowest BCUT2D eigenvalue weighted by Crippen LogP contribution is -2.28. The van der Waals surface area contributed by atoms with Gasteiger partial charge < -0.3 is 20.7 Å². The van der Waals surface area contributed by atoms with Crippen molar-refractivity contribution in [3.05, 3.63) is 65.4 Å². The summed E-state index contributed by atoms with van der Waals surface area (Å²) in [6.07, 6.45) is 1.57. The van der Waals surface area contributed by atoms with Crippen LogP contribution in [0.3, 0.4) is 0 Å². The number of carbonyl (C=O) groups is 2. The van der Waals surface area contributed by atoms with E-state index in [1.807, 2.05) is 0 Å². The van der Waals surface area contributed by atoms with Gasteiger partial charge in [-0.3, -0.25) is 4.79 Å². The van der Waals surface area contributed by atoms with Crippen molar-refractivity contribution in [1.82, 2.24) is 5.32 Å². The fourth-order valence-corrected chi connectivity index (χ4v) is 2.24. The van der Waals surface area contributed by atoms with Crippen molar-refractivity contribution in [1.29, 1.82) is 0 Å². The Morgan fingerprint density at radius 1 is 1.12 bits per heavy atom. The summed E-state index contributed by atoms with van der Waals surface area (Å²) >= 11 is 3.14. The molecule has 2 aromatic rings. The minimum absolute atomic E-state index is 0.00608. The summed E-state index contributed by atoms with van der Waals surface area (Å²) in [6, 6.07) is 10.5. The zero-order valence-corrected chi connectivity index (χ0v) is 15.3. The van der Waals surface area contributed by atoms with E-state index in [1.165, 1.54) is 12.1 Å². The first-order valence-corrected chi connectivity index (χ1v) is 8.41. The number of carbonyl (C=O) groups excluding carboxylic acids is 2. The average Bonchev–Trinajstić information content (AvgIpc) is 2.61. The molecular weight excluding hydrogens is 405 g/mol. The number of urea groups is 1. The first-order chi connectivity index (χ1) is 12.5. The van der Waals surface area contributed by atoms with Gasteiger partial charge in [-0.2, -0.15) is 0 Å². The van der Waals surface area contributed by atoms with Gasteiger partial charge >= 0.3 is 6.03 Å². The van der Waals surface area contributed by atoms with Crippen LogP contribution in [0.1, 0.15) is 0 Å². The number of anilines is 2. The summed E-state index contributed by atoms with van der Waals surface area (Å²) in [7, 11) is 0. The molecule has 0 atom stereocenters. The van der Waals surface area contributed by atoms with Gasteiger partial charge in [-0.15, -0.1) is 6.58 Å². The van der Waals surface area contributed by atoms with Gasteiger partial charge in [0.1, 0.15) is 0 Å². The quantitative estimate of drug-likeness (QED) is 0.592. The molecule has 0 spiro atoms. The average molecular weight is 422 g/mol. The van der Waals surface area contributed by atoms with Gasteiger partial charge in [0.05, 0.1) is 0 Å². The van der Waals surface area contributed by atoms with Gasteiger partial charge in [-0.25, -0.2) is 9.18 Å². The molecule has 26 heavy (non-hydrogen) atoms. The molecule has 3 N–H and O–H groups in total. The van der Waals surface area contributed by atoms with Gasteiger partial charge in [-0.05, 0) is 42.5 Å². The molecule has 0 saturated carbocycles. The number of hydrogen-bond donors (Lipinski definition) is 3. The number of halogens is 2. The highest BCUT2D eigenvalue weighted by molar-refractivity contribution is 9.10. The molecule has 0 aliphatic heterocycles. The Hall–Kier alpha value is -2.87. The summed E-state index contributed by atoms with van der Waals surface area (Å²) in [6.45, 7) is 3.54. The van der Waals surface area contributed by atoms with Crippen LogP contribution in [-0.2, 0) is 4.79 Å². The summed E-state index contributed by atoms with van der Waals surface area (Å²) in [4.78, 5) is 23.4. The third-order valence-electron chi connectivity index (χ3n) is 3.09. The highest BCUT2D eigenvalue weighted by Gasteiger charge is 2.08. The standard InChI is InChI=1S/C18H17BrFN3O3/c1-2-9-21-18(25)23-14-6-4-13(5-7-14)22-17(24)11-26-16-8-3-12(19)10-15(16)20/h2-8,10H,1,9,11H2,(H,22,24)(H2,21,23,25). The molecule has 0 unspecified atom stereocenters. The second-order valence-electron chi connectivity index (χ2n) is 5.11. The van der Waals surface area contributed by atoms with E-state index in [9.17, 15) is 14.0 Å². The third kappa shape index (κ3) is 6.21. The predicted molar refractivity (Wildman–Crippen MR) is 102 cm³/mol. The molecule has 0 fully saturated rings. The van der Waals surface area contributed by atoms with Crippen molar-refractivity contribution in [2.75, 3.05) is 23.8 Å². The highest BCUT2D eigenvalue weighted by atomic mass is 79.9. The van der Waals surface area contributed by atoms with Crippen LogP contribution in [0, 0.1) is 5.82 Å². The Morgan fingerprint density at radius 2 is 1.77 bits per heavy atom. The fourth-order valence-electron chi connectivity index (χ4n) is 1.91. The van der Waals surface area contributed by atoms with Crippen molar-refractivity contribution in [3.8, 4) is 5.75 Å². The number of benzene rings is 2. The Kier molecular flexibility index (Phi) is 7.16. The van der Waals surface area contributed by atoms with Crippen LogP contribution in [0.15, 0.2) is 59.6 Å². The maximum absolute atomic E-state index is 13.6. The minimum atomic E-state index is -0.558. The fraction of sp³-hybridized carbons (Fsp3) is 0.111. The second-order valence-corrected chi connectivity index (χ2v) is 6.03. The van der Waals surface area contributed by atoms with Crippen molar-refractivity contribution >= 4 is 39.2 Å². The Labute approximate surface area is 158 Å². The van der Waals surface area contributed by atoms with Crippen LogP contribution in [0.4, 0.5) is 20.6 Å². The van der Waals surface area contributed by atoms with Gasteiger partial charge in [-0.1, -0.05) is 22.0 Å². The van der Waals surface area contributed by atoms with Crippen molar-refractivity contribution in [2.24, 2.45) is 0 Å². The molecule has 0 radical (unpaired) electrons. The lowest BCUT2D eigenvalue weighted by molar-refractivity contribution is -0.118. The van der Waals surface area contributed by atoms with Crippen LogP contribution in [-0.4, -0.2) is 25.1 Å². The molecule has 0 saturated heterocycles. The Bertz CT molecular complexity index is 797. The van der Waals surface area contributed by atoms with Crippen molar-refractivity contribution in [3.63, 3.8) is 0 Å². The topological polar surface area (TPSA) is 79.5 Å². The van der Waals surface area contributed by atoms with Gasteiger partial charge in [0.15, 0.2) is 18.2 Å². The van der Waals surface area contributed by atoms with Crippen LogP contribution in [0.25, 0.3) is 0 Å². The van der Waals surface area contributed by atoms with E-state index in [4.69, 9.17) is 4.74 Å². The van der Waals surface area contributed by atoms with Crippen LogP contribution < -0.4 is 20.7 Å². The summed E-state index contributed by atoms with van der Waals surface area (Å²) < 4.78 is 19.4. The number of rotatable bonds is 7. The number of ether oxygens (including phenoxy) is 1. The molecule has 0 heterocycles. The number of amides is 3. The van der Waals surface area contributed by atoms with Crippen LogP contribution >= 0.6 is 15.9 Å². The zero-order chi connectivity index (χ0) is 18.9. The molecule has 0 aliphatic carbocycles. The number of nitrogens with one attached hydrogen (secondary N) is 3. The van der Waals surface area contributed by atoms with E-state index in [0.717, 1.165) is 0 Å². The summed E-state index contributed by atoms with van der Waals surface area (Å²) in [5.74, 6) is -0.998. The first kappa shape index (κ1) is 19.5. The largest absolute Gasteiger partial charge is 0.481 e. The molecule has 2 rings (SSSR count). The predicted octanol–water partition coefficient (Wildman–Crippen LogP) is 3.91. The monoisotopic (exact) mass is 421 g/mol. The van der Waals surface area contributed by atoms with E-state index in [2.05, 4.69) is 38.5 Å². The molecule has 136 valence electrons. The molecule has 0 aromatic heterocycles. The second kappa shape index (κ2) is 9.57. The molecule has 0 aliphatic rings. The van der Waals surface area contributed by atoms with E-state index >= 15 is 0 Å². The first-order valence-electron chi connectivity index (χ1n) is 7.61.